The molecular formula is C8H8NOS. The van der Waals surface area contributed by atoms with Crippen molar-refractivity contribution in [1.29, 1.82) is 0 Å². The second-order valence-corrected chi connectivity index (χ2v) is 3.05. The summed E-state index contributed by atoms with van der Waals surface area (Å²) in [5.74, 6) is 0.379. The van der Waals surface area contributed by atoms with Gasteiger partial charge in [0.25, 0.3) is 0 Å². The van der Waals surface area contributed by atoms with Gasteiger partial charge in [-0.05, 0) is 24.3 Å². The second kappa shape index (κ2) is 4.03. The van der Waals surface area contributed by atoms with Crippen LogP contribution in [0.2, 0.25) is 0 Å². The van der Waals surface area contributed by atoms with E-state index in [4.69, 9.17) is 5.73 Å². The van der Waals surface area contributed by atoms with E-state index in [1.165, 1.54) is 11.8 Å². The molecule has 0 saturated heterocycles. The van der Waals surface area contributed by atoms with Crippen molar-refractivity contribution in [2.45, 2.75) is 4.90 Å². The van der Waals surface area contributed by atoms with Crippen molar-refractivity contribution >= 4 is 23.7 Å². The lowest BCUT2D eigenvalue weighted by Gasteiger charge is -1.96. The maximum Gasteiger partial charge on any atom is 0.209 e. The first-order chi connectivity index (χ1) is 5.33. The molecule has 0 amide bonds. The molecule has 0 aliphatic carbocycles. The van der Waals surface area contributed by atoms with Crippen LogP contribution in [0.3, 0.4) is 0 Å². The van der Waals surface area contributed by atoms with Crippen molar-refractivity contribution in [2.24, 2.45) is 0 Å². The Morgan fingerprint density at radius 1 is 1.36 bits per heavy atom. The molecule has 0 saturated carbocycles. The van der Waals surface area contributed by atoms with Crippen LogP contribution in [-0.2, 0) is 4.79 Å². The summed E-state index contributed by atoms with van der Waals surface area (Å²) < 4.78 is 0. The van der Waals surface area contributed by atoms with E-state index < -0.39 is 0 Å². The molecule has 1 aromatic carbocycles. The van der Waals surface area contributed by atoms with Crippen LogP contribution in [-0.4, -0.2) is 12.0 Å². The van der Waals surface area contributed by atoms with Gasteiger partial charge >= 0.3 is 0 Å². The van der Waals surface area contributed by atoms with Crippen molar-refractivity contribution < 1.29 is 4.79 Å². The summed E-state index contributed by atoms with van der Waals surface area (Å²) in [7, 11) is 0. The average Bonchev–Trinajstić information content (AvgIpc) is 2.04. The zero-order chi connectivity index (χ0) is 8.10. The SMILES string of the molecule is Nc1ccc(SC[C]=O)cc1. The first-order valence-corrected chi connectivity index (χ1v) is 4.15. The number of anilines is 1. The summed E-state index contributed by atoms with van der Waals surface area (Å²) in [6, 6.07) is 7.40. The highest BCUT2D eigenvalue weighted by molar-refractivity contribution is 7.99. The largest absolute Gasteiger partial charge is 0.399 e. The minimum atomic E-state index is 0.379. The van der Waals surface area contributed by atoms with E-state index in [0.717, 1.165) is 10.6 Å². The Kier molecular flexibility index (Phi) is 2.98. The van der Waals surface area contributed by atoms with E-state index >= 15 is 0 Å². The highest BCUT2D eigenvalue weighted by Gasteiger charge is 1.91. The highest BCUT2D eigenvalue weighted by Crippen LogP contribution is 2.17. The number of rotatable bonds is 3. The number of benzene rings is 1. The fraction of sp³-hybridized carbons (Fsp3) is 0.125. The molecule has 0 atom stereocenters. The lowest BCUT2D eigenvalue weighted by atomic mass is 10.3. The summed E-state index contributed by atoms with van der Waals surface area (Å²) in [5.41, 5.74) is 6.21. The fourth-order valence-electron chi connectivity index (χ4n) is 0.677. The van der Waals surface area contributed by atoms with Gasteiger partial charge in [0.05, 0.1) is 5.75 Å². The van der Waals surface area contributed by atoms with Gasteiger partial charge in [-0.3, -0.25) is 4.79 Å². The quantitative estimate of drug-likeness (QED) is 0.546. The van der Waals surface area contributed by atoms with Crippen molar-refractivity contribution in [3.63, 3.8) is 0 Å². The summed E-state index contributed by atoms with van der Waals surface area (Å²) in [6.07, 6.45) is 1.81. The van der Waals surface area contributed by atoms with Gasteiger partial charge in [-0.2, -0.15) is 0 Å². The standard InChI is InChI=1S/C8H8NOS/c9-7-1-3-8(4-2-7)11-6-5-10/h1-4H,6,9H2. The molecule has 0 fully saturated rings. The Labute approximate surface area is 69.8 Å². The van der Waals surface area contributed by atoms with Crippen LogP contribution in [0.4, 0.5) is 5.69 Å². The molecule has 11 heavy (non-hydrogen) atoms. The molecule has 0 aliphatic heterocycles. The van der Waals surface area contributed by atoms with Crippen LogP contribution in [0.15, 0.2) is 29.2 Å². The van der Waals surface area contributed by atoms with Crippen molar-refractivity contribution in [2.75, 3.05) is 11.5 Å². The number of nitrogen functional groups attached to an aromatic ring is 1. The molecule has 1 aromatic rings. The maximum absolute atomic E-state index is 9.87. The van der Waals surface area contributed by atoms with E-state index in [0.29, 0.717) is 5.75 Å². The molecule has 0 unspecified atom stereocenters. The molecule has 1 radical (unpaired) electrons. The Morgan fingerprint density at radius 2 is 2.00 bits per heavy atom. The van der Waals surface area contributed by atoms with Gasteiger partial charge in [0.15, 0.2) is 0 Å². The zero-order valence-corrected chi connectivity index (χ0v) is 6.73. The molecule has 3 heteroatoms. The smallest absolute Gasteiger partial charge is 0.209 e. The summed E-state index contributed by atoms with van der Waals surface area (Å²) in [4.78, 5) is 10.9. The van der Waals surface area contributed by atoms with Gasteiger partial charge in [-0.15, -0.1) is 11.8 Å². The second-order valence-electron chi connectivity index (χ2n) is 2.00. The number of thioether (sulfide) groups is 1. The first kappa shape index (κ1) is 8.14. The Bertz CT molecular complexity index is 232. The summed E-state index contributed by atoms with van der Waals surface area (Å²) >= 11 is 1.45. The number of carbonyl (C=O) groups excluding carboxylic acids is 1. The molecule has 57 valence electrons. The van der Waals surface area contributed by atoms with Gasteiger partial charge in [0.2, 0.25) is 6.29 Å². The van der Waals surface area contributed by atoms with E-state index in [-0.39, 0.29) is 0 Å². The molecule has 0 aromatic heterocycles. The zero-order valence-electron chi connectivity index (χ0n) is 5.91. The Morgan fingerprint density at radius 3 is 2.55 bits per heavy atom. The normalized spacial score (nSPS) is 9.45. The predicted octanol–water partition coefficient (Wildman–Crippen LogP) is 1.47. The minimum Gasteiger partial charge on any atom is -0.399 e. The van der Waals surface area contributed by atoms with Crippen LogP contribution < -0.4 is 5.73 Å². The van der Waals surface area contributed by atoms with E-state index in [1.54, 1.807) is 0 Å². The van der Waals surface area contributed by atoms with Gasteiger partial charge in [-0.1, -0.05) is 0 Å². The molecule has 0 aliphatic rings. The maximum atomic E-state index is 9.87. The third kappa shape index (κ3) is 2.63. The molecule has 2 nitrogen and oxygen atoms in total. The van der Waals surface area contributed by atoms with E-state index in [2.05, 4.69) is 0 Å². The summed E-state index contributed by atoms with van der Waals surface area (Å²) in [6.45, 7) is 0. The lowest BCUT2D eigenvalue weighted by Crippen LogP contribution is -1.83. The Balaban J connectivity index is 2.58. The minimum absolute atomic E-state index is 0.379. The van der Waals surface area contributed by atoms with Gasteiger partial charge in [0, 0.05) is 10.6 Å². The van der Waals surface area contributed by atoms with E-state index in [9.17, 15) is 4.79 Å². The van der Waals surface area contributed by atoms with Gasteiger partial charge in [-0.25, -0.2) is 0 Å². The first-order valence-electron chi connectivity index (χ1n) is 3.16. The molecule has 0 bridgehead atoms. The molecular weight excluding hydrogens is 158 g/mol. The number of nitrogens with two attached hydrogens (primary N) is 1. The topological polar surface area (TPSA) is 43.1 Å². The number of hydrogen-bond donors (Lipinski definition) is 1. The third-order valence-electron chi connectivity index (χ3n) is 1.18. The van der Waals surface area contributed by atoms with Crippen LogP contribution in [0.25, 0.3) is 0 Å². The fourth-order valence-corrected chi connectivity index (χ4v) is 1.23. The molecule has 2 N–H and O–H groups in total. The average molecular weight is 166 g/mol. The molecule has 0 heterocycles. The van der Waals surface area contributed by atoms with Crippen LogP contribution in [0.5, 0.6) is 0 Å². The van der Waals surface area contributed by atoms with Gasteiger partial charge in [0.1, 0.15) is 0 Å². The summed E-state index contributed by atoms with van der Waals surface area (Å²) in [5, 5.41) is 0. The van der Waals surface area contributed by atoms with E-state index in [1.807, 2.05) is 30.6 Å². The monoisotopic (exact) mass is 166 g/mol. The lowest BCUT2D eigenvalue weighted by molar-refractivity contribution is 0.560. The van der Waals surface area contributed by atoms with Crippen molar-refractivity contribution in [3.05, 3.63) is 24.3 Å². The predicted molar refractivity (Wildman–Crippen MR) is 47.3 cm³/mol. The third-order valence-corrected chi connectivity index (χ3v) is 2.05. The highest BCUT2D eigenvalue weighted by atomic mass is 32.2. The van der Waals surface area contributed by atoms with Crippen molar-refractivity contribution in [3.8, 4) is 0 Å². The Hall–Kier alpha value is -0.960. The van der Waals surface area contributed by atoms with Crippen molar-refractivity contribution in [1.82, 2.24) is 0 Å². The number of hydrogen-bond acceptors (Lipinski definition) is 3. The molecule has 0 spiro atoms. The van der Waals surface area contributed by atoms with Gasteiger partial charge < -0.3 is 5.73 Å². The van der Waals surface area contributed by atoms with Crippen LogP contribution in [0.1, 0.15) is 0 Å². The van der Waals surface area contributed by atoms with Crippen LogP contribution in [0, 0.1) is 0 Å². The van der Waals surface area contributed by atoms with Crippen LogP contribution >= 0.6 is 11.8 Å². The molecule has 1 rings (SSSR count).